The number of carbonyl (C=O) groups is 3. The van der Waals surface area contributed by atoms with Crippen LogP contribution in [0.1, 0.15) is 47.0 Å². The quantitative estimate of drug-likeness (QED) is 0.558. The summed E-state index contributed by atoms with van der Waals surface area (Å²) in [6.07, 6.45) is 3.85. The zero-order valence-electron chi connectivity index (χ0n) is 18.8. The highest BCUT2D eigenvalue weighted by atomic mass is 16.5. The van der Waals surface area contributed by atoms with Crippen LogP contribution in [0, 0.1) is 5.92 Å². The summed E-state index contributed by atoms with van der Waals surface area (Å²) in [5, 5.41) is 12.1. The van der Waals surface area contributed by atoms with Gasteiger partial charge in [0.15, 0.2) is 0 Å². The Balaban J connectivity index is 3.06. The van der Waals surface area contributed by atoms with E-state index in [4.69, 9.17) is 4.74 Å². The Hall–Kier alpha value is -1.93. The topological polar surface area (TPSA) is 99.2 Å². The molecule has 0 unspecified atom stereocenters. The van der Waals surface area contributed by atoms with E-state index in [2.05, 4.69) is 5.32 Å². The number of carboxylic acids is 1. The van der Waals surface area contributed by atoms with E-state index in [1.54, 1.807) is 20.0 Å². The van der Waals surface area contributed by atoms with Crippen molar-refractivity contribution >= 4 is 17.8 Å². The number of hydrogen-bond donors (Lipinski definition) is 2. The van der Waals surface area contributed by atoms with Crippen molar-refractivity contribution in [2.75, 3.05) is 27.7 Å². The fraction of sp³-hybridized carbons (Fsp3) is 0.762. The van der Waals surface area contributed by atoms with Crippen molar-refractivity contribution in [3.8, 4) is 0 Å². The van der Waals surface area contributed by atoms with Gasteiger partial charge in [-0.25, -0.2) is 4.79 Å². The van der Waals surface area contributed by atoms with Crippen LogP contribution < -0.4 is 5.32 Å². The molecule has 0 spiro atoms. The zero-order valence-corrected chi connectivity index (χ0v) is 18.8. The van der Waals surface area contributed by atoms with E-state index in [0.717, 1.165) is 25.8 Å². The van der Waals surface area contributed by atoms with Gasteiger partial charge < -0.3 is 20.1 Å². The molecular formula is C21H37N3O5. The predicted octanol–water partition coefficient (Wildman–Crippen LogP) is 1.50. The summed E-state index contributed by atoms with van der Waals surface area (Å²) in [4.78, 5) is 40.9. The van der Waals surface area contributed by atoms with Crippen molar-refractivity contribution in [3.63, 3.8) is 0 Å². The molecule has 0 bridgehead atoms. The molecule has 1 heterocycles. The molecule has 0 aromatic rings. The first kappa shape index (κ1) is 25.1. The van der Waals surface area contributed by atoms with E-state index in [0.29, 0.717) is 0 Å². The minimum absolute atomic E-state index is 0.00284. The number of nitrogens with zero attached hydrogens (tertiary/aromatic N) is 2. The molecule has 1 rings (SSSR count). The summed E-state index contributed by atoms with van der Waals surface area (Å²) in [6.45, 7) is 7.94. The van der Waals surface area contributed by atoms with Crippen LogP contribution in [0.2, 0.25) is 0 Å². The van der Waals surface area contributed by atoms with Gasteiger partial charge in [0, 0.05) is 19.7 Å². The van der Waals surface area contributed by atoms with Gasteiger partial charge in [0.1, 0.15) is 6.04 Å². The minimum Gasteiger partial charge on any atom is -0.478 e. The molecular weight excluding hydrogens is 374 g/mol. The number of rotatable bonds is 9. The van der Waals surface area contributed by atoms with Gasteiger partial charge in [-0.05, 0) is 46.2 Å². The van der Waals surface area contributed by atoms with Crippen molar-refractivity contribution in [2.24, 2.45) is 5.92 Å². The maximum absolute atomic E-state index is 13.3. The molecule has 8 heteroatoms. The zero-order chi connectivity index (χ0) is 22.3. The van der Waals surface area contributed by atoms with Gasteiger partial charge in [0.25, 0.3) is 0 Å². The van der Waals surface area contributed by atoms with E-state index >= 15 is 0 Å². The van der Waals surface area contributed by atoms with Crippen LogP contribution in [-0.4, -0.2) is 84.7 Å². The molecule has 0 radical (unpaired) electrons. The van der Waals surface area contributed by atoms with E-state index in [9.17, 15) is 19.5 Å². The smallest absolute Gasteiger partial charge is 0.331 e. The van der Waals surface area contributed by atoms with Gasteiger partial charge in [-0.2, -0.15) is 0 Å². The minimum atomic E-state index is -1.02. The van der Waals surface area contributed by atoms with Crippen molar-refractivity contribution in [2.45, 2.75) is 71.2 Å². The van der Waals surface area contributed by atoms with E-state index in [1.165, 1.54) is 18.9 Å². The molecule has 166 valence electrons. The number of ether oxygens (including phenoxy) is 1. The number of carbonyl (C=O) groups excluding carboxylic acids is 2. The highest BCUT2D eigenvalue weighted by Gasteiger charge is 2.35. The third-order valence-corrected chi connectivity index (χ3v) is 5.71. The molecule has 0 aromatic carbocycles. The highest BCUT2D eigenvalue weighted by Crippen LogP contribution is 2.18. The molecule has 2 amide bonds. The third-order valence-electron chi connectivity index (χ3n) is 5.71. The molecule has 29 heavy (non-hydrogen) atoms. The Morgan fingerprint density at radius 3 is 2.34 bits per heavy atom. The van der Waals surface area contributed by atoms with E-state index in [1.807, 2.05) is 25.8 Å². The van der Waals surface area contributed by atoms with Crippen molar-refractivity contribution in [3.05, 3.63) is 11.6 Å². The Kier molecular flexibility index (Phi) is 9.79. The Labute approximate surface area is 174 Å². The average Bonchev–Trinajstić information content (AvgIpc) is 2.68. The Bertz CT molecular complexity index is 619. The normalized spacial score (nSPS) is 21.4. The number of methoxy groups -OCH3 is 1. The molecule has 8 nitrogen and oxygen atoms in total. The average molecular weight is 412 g/mol. The van der Waals surface area contributed by atoms with Crippen molar-refractivity contribution in [1.82, 2.24) is 15.1 Å². The van der Waals surface area contributed by atoms with Gasteiger partial charge in [-0.1, -0.05) is 26.3 Å². The van der Waals surface area contributed by atoms with E-state index in [-0.39, 0.29) is 29.3 Å². The van der Waals surface area contributed by atoms with Crippen molar-refractivity contribution in [1.29, 1.82) is 0 Å². The lowest BCUT2D eigenvalue weighted by Crippen LogP contribution is -2.59. The summed E-state index contributed by atoms with van der Waals surface area (Å²) >= 11 is 0. The molecule has 1 aliphatic rings. The fourth-order valence-electron chi connectivity index (χ4n) is 3.62. The van der Waals surface area contributed by atoms with Crippen molar-refractivity contribution < 1.29 is 24.2 Å². The van der Waals surface area contributed by atoms with E-state index < -0.39 is 24.2 Å². The molecule has 2 N–H and O–H groups in total. The molecule has 0 aromatic heterocycles. The number of carboxylic acid groups (broad SMARTS) is 1. The number of likely N-dealkylation sites (N-methyl/N-ethyl adjacent to an activating group) is 2. The molecule has 1 fully saturated rings. The number of nitrogens with one attached hydrogen (secondary N) is 1. The molecule has 0 aliphatic carbocycles. The monoisotopic (exact) mass is 411 g/mol. The van der Waals surface area contributed by atoms with Crippen LogP contribution in [0.5, 0.6) is 0 Å². The van der Waals surface area contributed by atoms with Gasteiger partial charge in [0.2, 0.25) is 11.8 Å². The summed E-state index contributed by atoms with van der Waals surface area (Å²) in [6, 6.07) is -1.53. The second kappa shape index (κ2) is 11.3. The van der Waals surface area contributed by atoms with Gasteiger partial charge in [-0.15, -0.1) is 0 Å². The lowest BCUT2D eigenvalue weighted by molar-refractivity contribution is -0.142. The largest absolute Gasteiger partial charge is 0.478 e. The molecule has 4 atom stereocenters. The maximum Gasteiger partial charge on any atom is 0.331 e. The summed E-state index contributed by atoms with van der Waals surface area (Å²) < 4.78 is 5.37. The first-order valence-electron chi connectivity index (χ1n) is 10.2. The number of likely N-dealkylation sites (tertiary alicyclic amines) is 1. The number of aliphatic carboxylic acids is 1. The van der Waals surface area contributed by atoms with Crippen LogP contribution in [0.25, 0.3) is 0 Å². The van der Waals surface area contributed by atoms with Crippen LogP contribution in [0.4, 0.5) is 0 Å². The Morgan fingerprint density at radius 2 is 1.86 bits per heavy atom. The summed E-state index contributed by atoms with van der Waals surface area (Å²) in [5.74, 6) is -1.51. The second-order valence-corrected chi connectivity index (χ2v) is 8.26. The summed E-state index contributed by atoms with van der Waals surface area (Å²) in [5.41, 5.74) is 0.174. The van der Waals surface area contributed by atoms with Gasteiger partial charge in [0.05, 0.1) is 18.2 Å². The number of hydrogen-bond acceptors (Lipinski definition) is 5. The number of piperidine rings is 1. The molecule has 1 aliphatic heterocycles. The lowest BCUT2D eigenvalue weighted by atomic mass is 9.98. The first-order valence-corrected chi connectivity index (χ1v) is 10.2. The summed E-state index contributed by atoms with van der Waals surface area (Å²) in [7, 11) is 5.05. The predicted molar refractivity (Wildman–Crippen MR) is 111 cm³/mol. The molecule has 1 saturated heterocycles. The standard InChI is InChI=1S/C21H37N3O5/c1-13(2)17(12-14(3)21(27)28)24(6)20(26)18(15(4)29-7)22-19(25)16-10-8-9-11-23(16)5/h12-13,15-18H,8-11H2,1-7H3,(H,22,25)(H,27,28)/t15-,16+,17-,18+/m1/s1. The Morgan fingerprint density at radius 1 is 1.24 bits per heavy atom. The number of amides is 2. The van der Waals surface area contributed by atoms with Crippen LogP contribution in [0.3, 0.4) is 0 Å². The van der Waals surface area contributed by atoms with Crippen LogP contribution >= 0.6 is 0 Å². The third kappa shape index (κ3) is 6.82. The lowest BCUT2D eigenvalue weighted by Gasteiger charge is -2.36. The van der Waals surface area contributed by atoms with Gasteiger partial charge >= 0.3 is 5.97 Å². The highest BCUT2D eigenvalue weighted by molar-refractivity contribution is 5.91. The molecule has 0 saturated carbocycles. The van der Waals surface area contributed by atoms with Gasteiger partial charge in [-0.3, -0.25) is 14.5 Å². The first-order chi connectivity index (χ1) is 13.5. The maximum atomic E-state index is 13.3. The fourth-order valence-corrected chi connectivity index (χ4v) is 3.62. The van der Waals surface area contributed by atoms with Crippen LogP contribution in [-0.2, 0) is 19.1 Å². The SMILES string of the molecule is CO[C@H](C)[C@H](NC(=O)[C@@H]1CCCCN1C)C(=O)N(C)[C@H](C=C(C)C(=O)O)C(C)C. The van der Waals surface area contributed by atoms with Crippen LogP contribution in [0.15, 0.2) is 11.6 Å². The second-order valence-electron chi connectivity index (χ2n) is 8.26.